The fourth-order valence-corrected chi connectivity index (χ4v) is 5.49. The molecule has 184 valence electrons. The highest BCUT2D eigenvalue weighted by Gasteiger charge is 2.39. The van der Waals surface area contributed by atoms with E-state index in [-0.39, 0.29) is 24.1 Å². The number of nitrogens with zero attached hydrogens (tertiary/aromatic N) is 1. The second-order valence-corrected chi connectivity index (χ2v) is 11.0. The number of hydrogen-bond donors (Lipinski definition) is 1. The SMILES string of the molecule is CCC1(CC)C[C@@H](NC(=O)c2ccc(N(Cc3ccccc3)S(C)(=O)=O)cc2)c2ccccc2O1. The summed E-state index contributed by atoms with van der Waals surface area (Å²) in [5.74, 6) is 0.612. The lowest BCUT2D eigenvalue weighted by Gasteiger charge is -2.41. The number of carbonyl (C=O) groups is 1. The molecule has 0 saturated heterocycles. The van der Waals surface area contributed by atoms with Gasteiger partial charge in [0.15, 0.2) is 0 Å². The quantitative estimate of drug-likeness (QED) is 0.453. The zero-order chi connectivity index (χ0) is 25.1. The van der Waals surface area contributed by atoms with Crippen LogP contribution in [0.2, 0.25) is 0 Å². The van der Waals surface area contributed by atoms with Crippen LogP contribution in [0.3, 0.4) is 0 Å². The molecule has 1 amide bonds. The van der Waals surface area contributed by atoms with Crippen LogP contribution in [-0.4, -0.2) is 26.2 Å². The van der Waals surface area contributed by atoms with Gasteiger partial charge in [-0.15, -0.1) is 0 Å². The Labute approximate surface area is 208 Å². The van der Waals surface area contributed by atoms with Gasteiger partial charge in [0.2, 0.25) is 10.0 Å². The Bertz CT molecular complexity index is 1270. The van der Waals surface area contributed by atoms with Gasteiger partial charge in [-0.2, -0.15) is 0 Å². The van der Waals surface area contributed by atoms with Gasteiger partial charge in [0.05, 0.1) is 24.5 Å². The van der Waals surface area contributed by atoms with Crippen LogP contribution in [-0.2, 0) is 16.6 Å². The van der Waals surface area contributed by atoms with Gasteiger partial charge in [0.1, 0.15) is 11.4 Å². The lowest BCUT2D eigenvalue weighted by atomic mass is 9.83. The van der Waals surface area contributed by atoms with Crippen LogP contribution in [0.1, 0.15) is 60.6 Å². The average Bonchev–Trinajstić information content (AvgIpc) is 2.87. The monoisotopic (exact) mass is 492 g/mol. The molecule has 7 heteroatoms. The lowest BCUT2D eigenvalue weighted by molar-refractivity contribution is 0.0227. The molecule has 0 spiro atoms. The molecule has 0 saturated carbocycles. The zero-order valence-electron chi connectivity index (χ0n) is 20.4. The normalized spacial score (nSPS) is 16.6. The highest BCUT2D eigenvalue weighted by atomic mass is 32.2. The number of para-hydroxylation sites is 1. The van der Waals surface area contributed by atoms with Crippen LogP contribution < -0.4 is 14.4 Å². The second-order valence-electron chi connectivity index (χ2n) is 9.06. The number of benzene rings is 3. The molecule has 0 bridgehead atoms. The maximum absolute atomic E-state index is 13.2. The van der Waals surface area contributed by atoms with E-state index in [1.807, 2.05) is 54.6 Å². The summed E-state index contributed by atoms with van der Waals surface area (Å²) in [4.78, 5) is 13.2. The van der Waals surface area contributed by atoms with Gasteiger partial charge >= 0.3 is 0 Å². The van der Waals surface area contributed by atoms with Crippen molar-refractivity contribution >= 4 is 21.6 Å². The summed E-state index contributed by atoms with van der Waals surface area (Å²) in [6, 6.07) is 23.8. The fraction of sp³-hybridized carbons (Fsp3) is 0.321. The average molecular weight is 493 g/mol. The van der Waals surface area contributed by atoms with E-state index in [2.05, 4.69) is 19.2 Å². The zero-order valence-corrected chi connectivity index (χ0v) is 21.2. The van der Waals surface area contributed by atoms with E-state index in [1.54, 1.807) is 24.3 Å². The molecule has 4 rings (SSSR count). The Morgan fingerprint density at radius 3 is 2.23 bits per heavy atom. The third kappa shape index (κ3) is 5.51. The van der Waals surface area contributed by atoms with E-state index in [9.17, 15) is 13.2 Å². The smallest absolute Gasteiger partial charge is 0.251 e. The predicted molar refractivity (Wildman–Crippen MR) is 139 cm³/mol. The van der Waals surface area contributed by atoms with Crippen molar-refractivity contribution in [1.29, 1.82) is 0 Å². The summed E-state index contributed by atoms with van der Waals surface area (Å²) in [5, 5.41) is 3.18. The molecule has 1 heterocycles. The molecular weight excluding hydrogens is 460 g/mol. The van der Waals surface area contributed by atoms with Crippen molar-refractivity contribution in [3.8, 4) is 5.75 Å². The third-order valence-electron chi connectivity index (χ3n) is 6.78. The van der Waals surface area contributed by atoms with Crippen molar-refractivity contribution in [2.75, 3.05) is 10.6 Å². The van der Waals surface area contributed by atoms with Crippen molar-refractivity contribution in [2.45, 2.75) is 51.3 Å². The molecule has 6 nitrogen and oxygen atoms in total. The van der Waals surface area contributed by atoms with Crippen LogP contribution in [0.25, 0.3) is 0 Å². The molecular formula is C28H32N2O4S. The standard InChI is InChI=1S/C28H32N2O4S/c1-4-28(5-2)19-25(24-13-9-10-14-26(24)34-28)29-27(31)22-15-17-23(18-16-22)30(35(3,32)33)20-21-11-7-6-8-12-21/h6-18,25H,4-5,19-20H2,1-3H3,(H,29,31)/t25-/m1/s1. The largest absolute Gasteiger partial charge is 0.487 e. The first kappa shape index (κ1) is 24.8. The van der Waals surface area contributed by atoms with Gasteiger partial charge in [-0.3, -0.25) is 9.10 Å². The second kappa shape index (κ2) is 10.1. The molecule has 0 unspecified atom stereocenters. The Hall–Kier alpha value is -3.32. The molecule has 0 aliphatic carbocycles. The number of ether oxygens (including phenoxy) is 1. The molecule has 3 aromatic rings. The Morgan fingerprint density at radius 1 is 0.971 bits per heavy atom. The number of hydrogen-bond acceptors (Lipinski definition) is 4. The predicted octanol–water partition coefficient (Wildman–Crippen LogP) is 5.47. The van der Waals surface area contributed by atoms with Gasteiger partial charge in [0.25, 0.3) is 5.91 Å². The van der Waals surface area contributed by atoms with Gasteiger partial charge in [-0.05, 0) is 48.7 Å². The number of sulfonamides is 1. The van der Waals surface area contributed by atoms with Crippen LogP contribution in [0.5, 0.6) is 5.75 Å². The first-order valence-corrected chi connectivity index (χ1v) is 13.8. The minimum atomic E-state index is -3.51. The molecule has 3 aromatic carbocycles. The van der Waals surface area contributed by atoms with Crippen molar-refractivity contribution in [3.05, 3.63) is 95.6 Å². The van der Waals surface area contributed by atoms with Crippen molar-refractivity contribution in [1.82, 2.24) is 5.32 Å². The van der Waals surface area contributed by atoms with Crippen molar-refractivity contribution < 1.29 is 17.9 Å². The van der Waals surface area contributed by atoms with Crippen LogP contribution in [0, 0.1) is 0 Å². The topological polar surface area (TPSA) is 75.7 Å². The van der Waals surface area contributed by atoms with Crippen molar-refractivity contribution in [2.24, 2.45) is 0 Å². The van der Waals surface area contributed by atoms with E-state index in [0.29, 0.717) is 17.7 Å². The molecule has 0 radical (unpaired) electrons. The van der Waals surface area contributed by atoms with Gasteiger partial charge in [-0.25, -0.2) is 8.42 Å². The Morgan fingerprint density at radius 2 is 1.60 bits per heavy atom. The number of rotatable bonds is 8. The first-order chi connectivity index (χ1) is 16.7. The summed E-state index contributed by atoms with van der Waals surface area (Å²) >= 11 is 0. The summed E-state index contributed by atoms with van der Waals surface area (Å²) in [5.41, 5.74) is 2.53. The molecule has 35 heavy (non-hydrogen) atoms. The Balaban J connectivity index is 1.55. The molecule has 0 aromatic heterocycles. The van der Waals surface area contributed by atoms with Crippen molar-refractivity contribution in [3.63, 3.8) is 0 Å². The summed E-state index contributed by atoms with van der Waals surface area (Å²) in [6.45, 7) is 4.44. The van der Waals surface area contributed by atoms with Gasteiger partial charge < -0.3 is 10.1 Å². The molecule has 1 aliphatic rings. The number of nitrogens with one attached hydrogen (secondary N) is 1. The highest BCUT2D eigenvalue weighted by molar-refractivity contribution is 7.92. The number of anilines is 1. The number of carbonyl (C=O) groups excluding carboxylic acids is 1. The van der Waals surface area contributed by atoms with E-state index >= 15 is 0 Å². The van der Waals surface area contributed by atoms with Crippen LogP contribution in [0.4, 0.5) is 5.69 Å². The number of fused-ring (bicyclic) bond motifs is 1. The summed E-state index contributed by atoms with van der Waals surface area (Å²) in [7, 11) is -3.51. The molecule has 0 fully saturated rings. The van der Waals surface area contributed by atoms with Gasteiger partial charge in [-0.1, -0.05) is 62.4 Å². The summed E-state index contributed by atoms with van der Waals surface area (Å²) < 4.78 is 32.7. The van der Waals surface area contributed by atoms with E-state index in [0.717, 1.165) is 29.7 Å². The maximum atomic E-state index is 13.2. The lowest BCUT2D eigenvalue weighted by Crippen LogP contribution is -2.44. The highest BCUT2D eigenvalue weighted by Crippen LogP contribution is 2.42. The first-order valence-electron chi connectivity index (χ1n) is 11.9. The van der Waals surface area contributed by atoms with Gasteiger partial charge in [0, 0.05) is 17.5 Å². The minimum absolute atomic E-state index is 0.169. The van der Waals surface area contributed by atoms with E-state index < -0.39 is 10.0 Å². The molecule has 1 N–H and O–H groups in total. The molecule has 1 atom stereocenters. The van der Waals surface area contributed by atoms with E-state index in [4.69, 9.17) is 4.74 Å². The maximum Gasteiger partial charge on any atom is 0.251 e. The Kier molecular flexibility index (Phi) is 7.17. The van der Waals surface area contributed by atoms with Crippen LogP contribution in [0.15, 0.2) is 78.9 Å². The van der Waals surface area contributed by atoms with E-state index in [1.165, 1.54) is 10.6 Å². The summed E-state index contributed by atoms with van der Waals surface area (Å²) in [6.07, 6.45) is 3.58. The van der Waals surface area contributed by atoms with Crippen LogP contribution >= 0.6 is 0 Å². The molecule has 1 aliphatic heterocycles. The minimum Gasteiger partial charge on any atom is -0.487 e. The fourth-order valence-electron chi connectivity index (χ4n) is 4.60. The number of amides is 1. The third-order valence-corrected chi connectivity index (χ3v) is 7.92.